The van der Waals surface area contributed by atoms with E-state index in [1.165, 1.54) is 12.1 Å². The molecule has 1 fully saturated rings. The Balaban J connectivity index is 2.11. The van der Waals surface area contributed by atoms with Crippen LogP contribution in [0.1, 0.15) is 43.0 Å². The van der Waals surface area contributed by atoms with Crippen LogP contribution in [-0.2, 0) is 10.0 Å². The normalized spacial score (nSPS) is 19.0. The first-order chi connectivity index (χ1) is 11.8. The SMILES string of the molecule is CCCNS(=O)(=O)c1ccc(C(=O)N2CCCC[C@H](N(C)C)C2)cc1. The first kappa shape index (κ1) is 19.9. The fraction of sp³-hybridized carbons (Fsp3) is 0.611. The molecule has 2 rings (SSSR count). The summed E-state index contributed by atoms with van der Waals surface area (Å²) in [6, 6.07) is 6.60. The van der Waals surface area contributed by atoms with Crippen molar-refractivity contribution in [1.82, 2.24) is 14.5 Å². The molecular formula is C18H29N3O3S. The molecule has 25 heavy (non-hydrogen) atoms. The maximum absolute atomic E-state index is 12.8. The second kappa shape index (κ2) is 8.78. The molecule has 7 heteroatoms. The van der Waals surface area contributed by atoms with Crippen molar-refractivity contribution in [2.45, 2.75) is 43.5 Å². The van der Waals surface area contributed by atoms with Crippen LogP contribution in [-0.4, -0.2) is 63.9 Å². The molecule has 0 radical (unpaired) electrons. The van der Waals surface area contributed by atoms with E-state index in [2.05, 4.69) is 9.62 Å². The number of amides is 1. The van der Waals surface area contributed by atoms with Crippen LogP contribution in [0.4, 0.5) is 0 Å². The van der Waals surface area contributed by atoms with Gasteiger partial charge < -0.3 is 9.80 Å². The van der Waals surface area contributed by atoms with Gasteiger partial charge in [0.2, 0.25) is 10.0 Å². The molecule has 1 heterocycles. The van der Waals surface area contributed by atoms with E-state index < -0.39 is 10.0 Å². The molecule has 0 saturated carbocycles. The predicted octanol–water partition coefficient (Wildman–Crippen LogP) is 1.93. The lowest BCUT2D eigenvalue weighted by Gasteiger charge is -2.28. The van der Waals surface area contributed by atoms with Crippen LogP contribution >= 0.6 is 0 Å². The summed E-state index contributed by atoms with van der Waals surface area (Å²) in [5, 5.41) is 0. The average molecular weight is 368 g/mol. The molecule has 0 spiro atoms. The quantitative estimate of drug-likeness (QED) is 0.834. The Morgan fingerprint density at radius 2 is 1.92 bits per heavy atom. The second-order valence-corrected chi connectivity index (χ2v) is 8.55. The van der Waals surface area contributed by atoms with Crippen LogP contribution in [0.25, 0.3) is 0 Å². The number of carbonyl (C=O) groups is 1. The van der Waals surface area contributed by atoms with E-state index in [-0.39, 0.29) is 10.8 Å². The van der Waals surface area contributed by atoms with Gasteiger partial charge in [-0.05, 0) is 57.6 Å². The highest BCUT2D eigenvalue weighted by Crippen LogP contribution is 2.18. The summed E-state index contributed by atoms with van der Waals surface area (Å²) < 4.78 is 26.8. The van der Waals surface area contributed by atoms with Crippen LogP contribution in [0.2, 0.25) is 0 Å². The van der Waals surface area contributed by atoms with Crippen LogP contribution in [0, 0.1) is 0 Å². The molecule has 1 aromatic carbocycles. The lowest BCUT2D eigenvalue weighted by Crippen LogP contribution is -2.41. The van der Waals surface area contributed by atoms with Crippen molar-refractivity contribution in [1.29, 1.82) is 0 Å². The van der Waals surface area contributed by atoms with Crippen molar-refractivity contribution in [3.05, 3.63) is 29.8 Å². The fourth-order valence-electron chi connectivity index (χ4n) is 3.00. The van der Waals surface area contributed by atoms with Crippen molar-refractivity contribution in [2.75, 3.05) is 33.7 Å². The highest BCUT2D eigenvalue weighted by Gasteiger charge is 2.24. The number of nitrogens with one attached hydrogen (secondary N) is 1. The van der Waals surface area contributed by atoms with Crippen molar-refractivity contribution in [2.24, 2.45) is 0 Å². The van der Waals surface area contributed by atoms with Gasteiger partial charge in [0.25, 0.3) is 5.91 Å². The second-order valence-electron chi connectivity index (χ2n) is 6.79. The maximum atomic E-state index is 12.8. The predicted molar refractivity (Wildman–Crippen MR) is 99.2 cm³/mol. The molecular weight excluding hydrogens is 338 g/mol. The molecule has 1 aromatic rings. The van der Waals surface area contributed by atoms with Crippen LogP contribution in [0.5, 0.6) is 0 Å². The average Bonchev–Trinajstić information content (AvgIpc) is 2.86. The van der Waals surface area contributed by atoms with Gasteiger partial charge in [0, 0.05) is 31.2 Å². The molecule has 1 amide bonds. The summed E-state index contributed by atoms with van der Waals surface area (Å²) >= 11 is 0. The van der Waals surface area contributed by atoms with Crippen molar-refractivity contribution in [3.8, 4) is 0 Å². The summed E-state index contributed by atoms with van der Waals surface area (Å²) in [6.45, 7) is 3.78. The van der Waals surface area contributed by atoms with Gasteiger partial charge >= 0.3 is 0 Å². The number of likely N-dealkylation sites (tertiary alicyclic amines) is 1. The van der Waals surface area contributed by atoms with E-state index >= 15 is 0 Å². The van der Waals surface area contributed by atoms with Crippen LogP contribution < -0.4 is 4.72 Å². The fourth-order valence-corrected chi connectivity index (χ4v) is 4.14. The number of benzene rings is 1. The highest BCUT2D eigenvalue weighted by molar-refractivity contribution is 7.89. The molecule has 1 aliphatic rings. The zero-order valence-electron chi connectivity index (χ0n) is 15.4. The number of nitrogens with zero attached hydrogens (tertiary/aromatic N) is 2. The molecule has 140 valence electrons. The lowest BCUT2D eigenvalue weighted by atomic mass is 10.1. The Labute approximate surface area is 151 Å². The molecule has 1 N–H and O–H groups in total. The number of hydrogen-bond donors (Lipinski definition) is 1. The Bertz CT molecular complexity index is 671. The Hall–Kier alpha value is -1.44. The molecule has 1 atom stereocenters. The third kappa shape index (κ3) is 5.26. The van der Waals surface area contributed by atoms with Crippen LogP contribution in [0.15, 0.2) is 29.2 Å². The molecule has 1 saturated heterocycles. The smallest absolute Gasteiger partial charge is 0.253 e. The number of carbonyl (C=O) groups excluding carboxylic acids is 1. The lowest BCUT2D eigenvalue weighted by molar-refractivity contribution is 0.0725. The minimum Gasteiger partial charge on any atom is -0.337 e. The van der Waals surface area contributed by atoms with Gasteiger partial charge in [0.15, 0.2) is 0 Å². The van der Waals surface area contributed by atoms with Crippen LogP contribution in [0.3, 0.4) is 0 Å². The van der Waals surface area contributed by atoms with Crippen molar-refractivity contribution in [3.63, 3.8) is 0 Å². The van der Waals surface area contributed by atoms with E-state index in [9.17, 15) is 13.2 Å². The summed E-state index contributed by atoms with van der Waals surface area (Å²) in [5.74, 6) is -0.0285. The molecule has 1 aliphatic heterocycles. The molecule has 0 aliphatic carbocycles. The summed E-state index contributed by atoms with van der Waals surface area (Å²) in [7, 11) is 0.589. The Morgan fingerprint density at radius 3 is 2.52 bits per heavy atom. The third-order valence-corrected chi connectivity index (χ3v) is 6.09. The van der Waals surface area contributed by atoms with Gasteiger partial charge in [-0.25, -0.2) is 13.1 Å². The number of hydrogen-bond acceptors (Lipinski definition) is 4. The first-order valence-corrected chi connectivity index (χ1v) is 10.4. The van der Waals surface area contributed by atoms with E-state index in [4.69, 9.17) is 0 Å². The molecule has 0 unspecified atom stereocenters. The monoisotopic (exact) mass is 367 g/mol. The largest absolute Gasteiger partial charge is 0.337 e. The number of likely N-dealkylation sites (N-methyl/N-ethyl adjacent to an activating group) is 1. The number of sulfonamides is 1. The van der Waals surface area contributed by atoms with E-state index in [0.717, 1.165) is 32.2 Å². The molecule has 0 aromatic heterocycles. The van der Waals surface area contributed by atoms with Gasteiger partial charge in [0.05, 0.1) is 4.90 Å². The van der Waals surface area contributed by atoms with Gasteiger partial charge in [-0.3, -0.25) is 4.79 Å². The minimum atomic E-state index is -3.50. The van der Waals surface area contributed by atoms with Gasteiger partial charge in [0.1, 0.15) is 0 Å². The van der Waals surface area contributed by atoms with Crippen molar-refractivity contribution < 1.29 is 13.2 Å². The molecule has 0 bridgehead atoms. The zero-order chi connectivity index (χ0) is 18.4. The topological polar surface area (TPSA) is 69.7 Å². The maximum Gasteiger partial charge on any atom is 0.253 e. The zero-order valence-corrected chi connectivity index (χ0v) is 16.2. The number of rotatable bonds is 6. The summed E-state index contributed by atoms with van der Waals surface area (Å²) in [6.07, 6.45) is 3.95. The minimum absolute atomic E-state index is 0.0285. The van der Waals surface area contributed by atoms with Gasteiger partial charge in [-0.2, -0.15) is 0 Å². The first-order valence-electron chi connectivity index (χ1n) is 8.90. The van der Waals surface area contributed by atoms with Crippen molar-refractivity contribution >= 4 is 15.9 Å². The van der Waals surface area contributed by atoms with Gasteiger partial charge in [-0.15, -0.1) is 0 Å². The molecule has 6 nitrogen and oxygen atoms in total. The Kier molecular flexibility index (Phi) is 6.98. The summed E-state index contributed by atoms with van der Waals surface area (Å²) in [5.41, 5.74) is 0.536. The third-order valence-electron chi connectivity index (χ3n) is 4.62. The van der Waals surface area contributed by atoms with E-state index in [0.29, 0.717) is 24.7 Å². The van der Waals surface area contributed by atoms with E-state index in [1.54, 1.807) is 12.1 Å². The highest BCUT2D eigenvalue weighted by atomic mass is 32.2. The Morgan fingerprint density at radius 1 is 1.24 bits per heavy atom. The standard InChI is InChI=1S/C18H29N3O3S/c1-4-12-19-25(23,24)17-10-8-15(9-11-17)18(22)21-13-6-5-7-16(14-21)20(2)3/h8-11,16,19H,4-7,12-14H2,1-3H3/t16-/m0/s1. The summed E-state index contributed by atoms with van der Waals surface area (Å²) in [4.78, 5) is 17.0. The van der Waals surface area contributed by atoms with E-state index in [1.807, 2.05) is 25.9 Å². The van der Waals surface area contributed by atoms with Gasteiger partial charge in [-0.1, -0.05) is 13.3 Å².